The predicted octanol–water partition coefficient (Wildman–Crippen LogP) is 2.76. The number of H-pyrrole nitrogens is 1. The number of hydrogen-bond donors (Lipinski definition) is 3. The molecule has 2 fully saturated rings. The molecular weight excluding hydrogens is 456 g/mol. The molecule has 5 rings (SSSR count). The fourth-order valence-electron chi connectivity index (χ4n) is 4.78. The van der Waals surface area contributed by atoms with Crippen LogP contribution in [0.3, 0.4) is 0 Å². The smallest absolute Gasteiger partial charge is 0.252 e. The minimum atomic E-state index is -0.904. The molecule has 1 aliphatic heterocycles. The van der Waals surface area contributed by atoms with E-state index in [1.165, 1.54) is 0 Å². The largest absolute Gasteiger partial charge is 0.382 e. The van der Waals surface area contributed by atoms with Crippen molar-refractivity contribution in [3.05, 3.63) is 48.4 Å². The first-order valence-corrected chi connectivity index (χ1v) is 12.0. The van der Waals surface area contributed by atoms with Crippen molar-refractivity contribution in [1.29, 1.82) is 5.41 Å². The van der Waals surface area contributed by atoms with E-state index in [2.05, 4.69) is 15.1 Å². The molecule has 3 heterocycles. The van der Waals surface area contributed by atoms with Crippen LogP contribution in [0.2, 0.25) is 0 Å². The quantitative estimate of drug-likeness (QED) is 0.364. The van der Waals surface area contributed by atoms with E-state index in [1.54, 1.807) is 20.7 Å². The number of aromatic nitrogens is 3. The molecule has 0 spiro atoms. The second-order valence-corrected chi connectivity index (χ2v) is 9.85. The van der Waals surface area contributed by atoms with Crippen molar-refractivity contribution in [2.75, 3.05) is 18.0 Å². The lowest BCUT2D eigenvalue weighted by atomic mass is 9.95. The maximum absolute atomic E-state index is 13.5. The van der Waals surface area contributed by atoms with Crippen LogP contribution in [0.1, 0.15) is 32.4 Å². The molecule has 1 saturated heterocycles. The summed E-state index contributed by atoms with van der Waals surface area (Å²) in [5, 5.41) is 11.6. The van der Waals surface area contributed by atoms with Crippen molar-refractivity contribution in [2.24, 2.45) is 23.7 Å². The normalized spacial score (nSPS) is 18.0. The van der Waals surface area contributed by atoms with Crippen LogP contribution in [0.25, 0.3) is 22.4 Å². The summed E-state index contributed by atoms with van der Waals surface area (Å²) < 4.78 is 1.71. The standard InChI is InChI=1S/C26H30N8O2/c1-26(2)25(36)33(9-10-34(26)24(35)16-7-8-16)19-6-4-5-17(11-19)21-12-20(18-13-30-32(3)14-18)22(31-21)23(28)29-15-27/h4-6,11-16,31H,7-10H2,1-3H3,(H3,27,28,29). The van der Waals surface area contributed by atoms with Crippen molar-refractivity contribution < 1.29 is 9.59 Å². The van der Waals surface area contributed by atoms with E-state index < -0.39 is 5.54 Å². The molecule has 2 amide bonds. The molecule has 2 aromatic heterocycles. The van der Waals surface area contributed by atoms with Crippen LogP contribution in [-0.4, -0.2) is 62.3 Å². The fourth-order valence-corrected chi connectivity index (χ4v) is 4.78. The Balaban J connectivity index is 1.48. The number of aryl methyl sites for hydroxylation is 1. The number of carbonyl (C=O) groups is 2. The Labute approximate surface area is 209 Å². The maximum atomic E-state index is 13.5. The van der Waals surface area contributed by atoms with Crippen molar-refractivity contribution in [2.45, 2.75) is 32.2 Å². The SMILES string of the molecule is Cn1cc(-c2cc(-c3cccc(N4CCN(C(=O)C5CC5)C(C)(C)C4=O)c3)[nH]c2/C(N)=N\C=N)cn1. The van der Waals surface area contributed by atoms with Crippen LogP contribution in [-0.2, 0) is 16.6 Å². The summed E-state index contributed by atoms with van der Waals surface area (Å²) >= 11 is 0. The lowest BCUT2D eigenvalue weighted by Crippen LogP contribution is -2.65. The summed E-state index contributed by atoms with van der Waals surface area (Å²) in [6.45, 7) is 4.61. The third-order valence-corrected chi connectivity index (χ3v) is 6.95. The van der Waals surface area contributed by atoms with E-state index in [1.807, 2.05) is 57.4 Å². The molecule has 36 heavy (non-hydrogen) atoms. The third-order valence-electron chi connectivity index (χ3n) is 6.95. The molecule has 10 heteroatoms. The van der Waals surface area contributed by atoms with Gasteiger partial charge in [0.25, 0.3) is 5.91 Å². The van der Waals surface area contributed by atoms with E-state index in [-0.39, 0.29) is 23.6 Å². The molecule has 3 aromatic rings. The Hall–Kier alpha value is -4.21. The Bertz CT molecular complexity index is 1380. The highest BCUT2D eigenvalue weighted by molar-refractivity contribution is 6.06. The summed E-state index contributed by atoms with van der Waals surface area (Å²) in [7, 11) is 1.84. The van der Waals surface area contributed by atoms with Gasteiger partial charge in [0.1, 0.15) is 17.7 Å². The molecule has 2 aliphatic rings. The zero-order valence-corrected chi connectivity index (χ0v) is 20.7. The molecule has 0 unspecified atom stereocenters. The number of hydrogen-bond acceptors (Lipinski definition) is 4. The van der Waals surface area contributed by atoms with Gasteiger partial charge in [-0.1, -0.05) is 12.1 Å². The molecule has 0 bridgehead atoms. The molecule has 1 aromatic carbocycles. The zero-order valence-electron chi connectivity index (χ0n) is 20.7. The van der Waals surface area contributed by atoms with Crippen molar-refractivity contribution in [1.82, 2.24) is 19.7 Å². The molecule has 1 saturated carbocycles. The highest BCUT2D eigenvalue weighted by Gasteiger charge is 2.47. The third kappa shape index (κ3) is 4.08. The fraction of sp³-hybridized carbons (Fsp3) is 0.346. The predicted molar refractivity (Wildman–Crippen MR) is 139 cm³/mol. The minimum Gasteiger partial charge on any atom is -0.382 e. The van der Waals surface area contributed by atoms with Crippen LogP contribution in [0, 0.1) is 11.3 Å². The van der Waals surface area contributed by atoms with Gasteiger partial charge in [-0.05, 0) is 44.9 Å². The Morgan fingerprint density at radius 2 is 2.03 bits per heavy atom. The number of aromatic amines is 1. The number of rotatable bonds is 6. The maximum Gasteiger partial charge on any atom is 0.252 e. The number of carbonyl (C=O) groups excluding carboxylic acids is 2. The van der Waals surface area contributed by atoms with Crippen molar-refractivity contribution >= 4 is 29.7 Å². The van der Waals surface area contributed by atoms with Gasteiger partial charge in [0.2, 0.25) is 5.91 Å². The first kappa shape index (κ1) is 23.5. The molecule has 10 nitrogen and oxygen atoms in total. The molecule has 4 N–H and O–H groups in total. The van der Waals surface area contributed by atoms with Crippen LogP contribution < -0.4 is 10.6 Å². The summed E-state index contributed by atoms with van der Waals surface area (Å²) in [6.07, 6.45) is 6.37. The Morgan fingerprint density at radius 3 is 2.69 bits per heavy atom. The number of amides is 2. The highest BCUT2D eigenvalue weighted by atomic mass is 16.2. The van der Waals surface area contributed by atoms with Gasteiger partial charge in [-0.3, -0.25) is 19.7 Å². The van der Waals surface area contributed by atoms with E-state index in [9.17, 15) is 9.59 Å². The number of benzene rings is 1. The van der Waals surface area contributed by atoms with Crippen molar-refractivity contribution in [3.8, 4) is 22.4 Å². The van der Waals surface area contributed by atoms with Gasteiger partial charge in [0.05, 0.1) is 11.9 Å². The van der Waals surface area contributed by atoms with E-state index in [0.717, 1.165) is 47.3 Å². The average molecular weight is 487 g/mol. The second kappa shape index (κ2) is 8.78. The number of nitrogens with one attached hydrogen (secondary N) is 2. The van der Waals surface area contributed by atoms with Gasteiger partial charge in [-0.15, -0.1) is 0 Å². The summed E-state index contributed by atoms with van der Waals surface area (Å²) in [6, 6.07) is 9.70. The van der Waals surface area contributed by atoms with Gasteiger partial charge >= 0.3 is 0 Å². The van der Waals surface area contributed by atoms with E-state index in [4.69, 9.17) is 11.1 Å². The molecule has 0 radical (unpaired) electrons. The lowest BCUT2D eigenvalue weighted by Gasteiger charge is -2.46. The summed E-state index contributed by atoms with van der Waals surface area (Å²) in [5.41, 5.74) is 9.96. The van der Waals surface area contributed by atoms with E-state index >= 15 is 0 Å². The topological polar surface area (TPSA) is 136 Å². The number of amidine groups is 1. The summed E-state index contributed by atoms with van der Waals surface area (Å²) in [4.78, 5) is 37.1. The lowest BCUT2D eigenvalue weighted by molar-refractivity contribution is -0.148. The second-order valence-electron chi connectivity index (χ2n) is 9.85. The monoisotopic (exact) mass is 486 g/mol. The van der Waals surface area contributed by atoms with Gasteiger partial charge < -0.3 is 20.5 Å². The summed E-state index contributed by atoms with van der Waals surface area (Å²) in [5.74, 6) is 0.268. The number of nitrogens with zero attached hydrogens (tertiary/aromatic N) is 5. The Kier molecular flexibility index (Phi) is 5.74. The van der Waals surface area contributed by atoms with Crippen LogP contribution >= 0.6 is 0 Å². The molecular formula is C26H30N8O2. The number of piperazine rings is 1. The molecule has 1 aliphatic carbocycles. The van der Waals surface area contributed by atoms with Crippen molar-refractivity contribution in [3.63, 3.8) is 0 Å². The highest BCUT2D eigenvalue weighted by Crippen LogP contribution is 2.37. The molecule has 186 valence electrons. The zero-order chi connectivity index (χ0) is 25.6. The average Bonchev–Trinajstić information content (AvgIpc) is 3.46. The number of aliphatic imine (C=N–C) groups is 1. The van der Waals surface area contributed by atoms with Crippen LogP contribution in [0.15, 0.2) is 47.7 Å². The molecule has 0 atom stereocenters. The number of nitrogens with two attached hydrogens (primary N) is 1. The van der Waals surface area contributed by atoms with Gasteiger partial charge in [0, 0.05) is 60.3 Å². The minimum absolute atomic E-state index is 0.0756. The number of anilines is 1. The first-order chi connectivity index (χ1) is 17.2. The Morgan fingerprint density at radius 1 is 1.25 bits per heavy atom. The van der Waals surface area contributed by atoms with Gasteiger partial charge in [-0.25, -0.2) is 4.99 Å². The van der Waals surface area contributed by atoms with E-state index in [0.29, 0.717) is 18.8 Å². The van der Waals surface area contributed by atoms with Gasteiger partial charge in [0.15, 0.2) is 0 Å². The van der Waals surface area contributed by atoms with Gasteiger partial charge in [-0.2, -0.15) is 5.10 Å². The first-order valence-electron chi connectivity index (χ1n) is 12.0. The van der Waals surface area contributed by atoms with Crippen LogP contribution in [0.4, 0.5) is 5.69 Å². The van der Waals surface area contributed by atoms with Crippen LogP contribution in [0.5, 0.6) is 0 Å².